The maximum absolute atomic E-state index is 8.72. The van der Waals surface area contributed by atoms with E-state index in [0.717, 1.165) is 46.9 Å². The van der Waals surface area contributed by atoms with Crippen LogP contribution in [0.1, 0.15) is 18.2 Å². The Labute approximate surface area is 127 Å². The van der Waals surface area contributed by atoms with Crippen LogP contribution in [0.3, 0.4) is 0 Å². The molecule has 0 saturated carbocycles. The van der Waals surface area contributed by atoms with Crippen LogP contribution < -0.4 is 11.1 Å². The van der Waals surface area contributed by atoms with Gasteiger partial charge in [0.1, 0.15) is 10.6 Å². The van der Waals surface area contributed by atoms with E-state index in [9.17, 15) is 0 Å². The molecule has 0 amide bonds. The molecule has 5 nitrogen and oxygen atoms in total. The first-order valence-electron chi connectivity index (χ1n) is 6.73. The lowest BCUT2D eigenvalue weighted by atomic mass is 10.3. The van der Waals surface area contributed by atoms with Crippen LogP contribution in [-0.2, 0) is 6.42 Å². The van der Waals surface area contributed by atoms with E-state index in [1.165, 1.54) is 4.88 Å². The number of aryl methyl sites for hydroxylation is 1. The molecular weight excluding hydrogens is 292 g/mol. The summed E-state index contributed by atoms with van der Waals surface area (Å²) in [5, 5.41) is 13.1. The quantitative estimate of drug-likeness (QED) is 0.649. The van der Waals surface area contributed by atoms with Gasteiger partial charge in [-0.3, -0.25) is 0 Å². The van der Waals surface area contributed by atoms with Crippen molar-refractivity contribution in [2.45, 2.75) is 19.8 Å². The fraction of sp³-hybridized carbons (Fsp3) is 0.538. The molecular formula is C13H20N4OS2. The number of aliphatic hydroxyl groups is 1. The zero-order valence-electron chi connectivity index (χ0n) is 11.6. The van der Waals surface area contributed by atoms with Crippen molar-refractivity contribution in [3.63, 3.8) is 0 Å². The SMILES string of the molecule is CCc1cc2c(NCCSCCCO)nc(N)nc2s1. The smallest absolute Gasteiger partial charge is 0.223 e. The monoisotopic (exact) mass is 312 g/mol. The molecule has 0 aromatic carbocycles. The van der Waals surface area contributed by atoms with Gasteiger partial charge < -0.3 is 16.2 Å². The summed E-state index contributed by atoms with van der Waals surface area (Å²) < 4.78 is 0. The zero-order chi connectivity index (χ0) is 14.4. The lowest BCUT2D eigenvalue weighted by molar-refractivity contribution is 0.296. The largest absolute Gasteiger partial charge is 0.396 e. The van der Waals surface area contributed by atoms with E-state index in [1.807, 2.05) is 11.8 Å². The second-order valence-corrected chi connectivity index (χ2v) is 6.67. The van der Waals surface area contributed by atoms with Crippen molar-refractivity contribution >= 4 is 45.1 Å². The van der Waals surface area contributed by atoms with E-state index in [2.05, 4.69) is 28.3 Å². The lowest BCUT2D eigenvalue weighted by Gasteiger charge is -2.07. The summed E-state index contributed by atoms with van der Waals surface area (Å²) in [6.07, 6.45) is 1.84. The molecule has 0 saturated heterocycles. The summed E-state index contributed by atoms with van der Waals surface area (Å²) in [6.45, 7) is 3.23. The molecule has 0 radical (unpaired) electrons. The molecule has 2 aromatic heterocycles. The Balaban J connectivity index is 1.99. The fourth-order valence-corrected chi connectivity index (χ4v) is 3.57. The van der Waals surface area contributed by atoms with E-state index < -0.39 is 0 Å². The van der Waals surface area contributed by atoms with Crippen molar-refractivity contribution < 1.29 is 5.11 Å². The van der Waals surface area contributed by atoms with Crippen LogP contribution in [0.5, 0.6) is 0 Å². The average molecular weight is 312 g/mol. The summed E-state index contributed by atoms with van der Waals surface area (Å²) >= 11 is 3.49. The van der Waals surface area contributed by atoms with Gasteiger partial charge >= 0.3 is 0 Å². The van der Waals surface area contributed by atoms with Gasteiger partial charge in [-0.15, -0.1) is 11.3 Å². The number of aromatic nitrogens is 2. The number of aliphatic hydroxyl groups excluding tert-OH is 1. The second kappa shape index (κ2) is 7.66. The Kier molecular flexibility index (Phi) is 5.87. The Morgan fingerprint density at radius 2 is 2.25 bits per heavy atom. The second-order valence-electron chi connectivity index (χ2n) is 4.33. The third-order valence-corrected chi connectivity index (χ3v) is 5.04. The molecule has 2 aromatic rings. The van der Waals surface area contributed by atoms with Crippen molar-refractivity contribution in [2.24, 2.45) is 0 Å². The molecule has 0 bridgehead atoms. The maximum Gasteiger partial charge on any atom is 0.223 e. The summed E-state index contributed by atoms with van der Waals surface area (Å²) in [7, 11) is 0. The summed E-state index contributed by atoms with van der Waals surface area (Å²) in [6, 6.07) is 2.14. The van der Waals surface area contributed by atoms with Gasteiger partial charge in [0.15, 0.2) is 0 Å². The highest BCUT2D eigenvalue weighted by atomic mass is 32.2. The fourth-order valence-electron chi connectivity index (χ4n) is 1.81. The predicted molar refractivity (Wildman–Crippen MR) is 88.7 cm³/mol. The molecule has 0 atom stereocenters. The van der Waals surface area contributed by atoms with Gasteiger partial charge in [-0.25, -0.2) is 4.98 Å². The number of anilines is 2. The molecule has 0 aliphatic rings. The first-order chi connectivity index (χ1) is 9.74. The molecule has 0 aliphatic heterocycles. The van der Waals surface area contributed by atoms with Crippen LogP contribution in [-0.4, -0.2) is 39.7 Å². The summed E-state index contributed by atoms with van der Waals surface area (Å²) in [5.74, 6) is 3.11. The number of fused-ring (bicyclic) bond motifs is 1. The van der Waals surface area contributed by atoms with Crippen LogP contribution in [0, 0.1) is 0 Å². The molecule has 0 spiro atoms. The summed E-state index contributed by atoms with van der Waals surface area (Å²) in [5.41, 5.74) is 5.76. The van der Waals surface area contributed by atoms with Crippen molar-refractivity contribution in [1.29, 1.82) is 0 Å². The number of thiophene rings is 1. The predicted octanol–water partition coefficient (Wildman–Crippen LogP) is 2.36. The Bertz CT molecular complexity index is 559. The van der Waals surface area contributed by atoms with Gasteiger partial charge in [0.25, 0.3) is 0 Å². The molecule has 2 rings (SSSR count). The number of rotatable bonds is 8. The van der Waals surface area contributed by atoms with E-state index in [1.54, 1.807) is 11.3 Å². The molecule has 110 valence electrons. The van der Waals surface area contributed by atoms with Crippen LogP contribution >= 0.6 is 23.1 Å². The first kappa shape index (κ1) is 15.3. The van der Waals surface area contributed by atoms with Crippen LogP contribution in [0.4, 0.5) is 11.8 Å². The molecule has 4 N–H and O–H groups in total. The van der Waals surface area contributed by atoms with Crippen LogP contribution in [0.15, 0.2) is 6.07 Å². The molecule has 0 fully saturated rings. The van der Waals surface area contributed by atoms with Gasteiger partial charge in [0.05, 0.1) is 5.39 Å². The zero-order valence-corrected chi connectivity index (χ0v) is 13.2. The van der Waals surface area contributed by atoms with E-state index in [0.29, 0.717) is 5.95 Å². The molecule has 7 heteroatoms. The number of nitrogens with zero attached hydrogens (tertiary/aromatic N) is 2. The lowest BCUT2D eigenvalue weighted by Crippen LogP contribution is -2.08. The average Bonchev–Trinajstić information content (AvgIpc) is 2.85. The van der Waals surface area contributed by atoms with Gasteiger partial charge in [-0.2, -0.15) is 16.7 Å². The maximum atomic E-state index is 8.72. The van der Waals surface area contributed by atoms with Gasteiger partial charge in [0.2, 0.25) is 5.95 Å². The normalized spacial score (nSPS) is 11.1. The minimum atomic E-state index is 0.262. The molecule has 2 heterocycles. The topological polar surface area (TPSA) is 84.1 Å². The minimum absolute atomic E-state index is 0.262. The summed E-state index contributed by atoms with van der Waals surface area (Å²) in [4.78, 5) is 10.8. The number of nitrogens with two attached hydrogens (primary N) is 1. The van der Waals surface area contributed by atoms with Crippen LogP contribution in [0.25, 0.3) is 10.2 Å². The van der Waals surface area contributed by atoms with E-state index >= 15 is 0 Å². The Morgan fingerprint density at radius 1 is 1.40 bits per heavy atom. The van der Waals surface area contributed by atoms with Crippen molar-refractivity contribution in [2.75, 3.05) is 35.7 Å². The van der Waals surface area contributed by atoms with Crippen molar-refractivity contribution in [3.05, 3.63) is 10.9 Å². The Morgan fingerprint density at radius 3 is 3.00 bits per heavy atom. The number of nitrogens with one attached hydrogen (secondary N) is 1. The van der Waals surface area contributed by atoms with Crippen molar-refractivity contribution in [3.8, 4) is 0 Å². The Hall–Kier alpha value is -1.05. The van der Waals surface area contributed by atoms with E-state index in [-0.39, 0.29) is 6.61 Å². The molecule has 0 unspecified atom stereocenters. The number of thioether (sulfide) groups is 1. The highest BCUT2D eigenvalue weighted by molar-refractivity contribution is 7.99. The van der Waals surface area contributed by atoms with Gasteiger partial charge in [-0.1, -0.05) is 6.92 Å². The third-order valence-electron chi connectivity index (χ3n) is 2.80. The van der Waals surface area contributed by atoms with Gasteiger partial charge in [0, 0.05) is 23.8 Å². The van der Waals surface area contributed by atoms with Crippen molar-refractivity contribution in [1.82, 2.24) is 9.97 Å². The molecule has 20 heavy (non-hydrogen) atoms. The van der Waals surface area contributed by atoms with Gasteiger partial charge in [-0.05, 0) is 24.7 Å². The highest BCUT2D eigenvalue weighted by Gasteiger charge is 2.09. The van der Waals surface area contributed by atoms with Crippen LogP contribution in [0.2, 0.25) is 0 Å². The first-order valence-corrected chi connectivity index (χ1v) is 8.70. The minimum Gasteiger partial charge on any atom is -0.396 e. The highest BCUT2D eigenvalue weighted by Crippen LogP contribution is 2.29. The third kappa shape index (κ3) is 3.97. The number of hydrogen-bond donors (Lipinski definition) is 3. The standard InChI is InChI=1S/C13H20N4OS2/c1-2-9-8-10-11(15-4-7-19-6-3-5-18)16-13(14)17-12(10)20-9/h8,18H,2-7H2,1H3,(H3,14,15,16,17). The van der Waals surface area contributed by atoms with E-state index in [4.69, 9.17) is 10.8 Å². The molecule has 0 aliphatic carbocycles. The number of hydrogen-bond acceptors (Lipinski definition) is 7. The number of nitrogen functional groups attached to an aromatic ring is 1.